The molecule has 0 radical (unpaired) electrons. The van der Waals surface area contributed by atoms with Crippen LogP contribution >= 0.6 is 11.3 Å². The fourth-order valence-corrected chi connectivity index (χ4v) is 2.87. The lowest BCUT2D eigenvalue weighted by molar-refractivity contribution is 0.381. The van der Waals surface area contributed by atoms with E-state index in [4.69, 9.17) is 4.42 Å². The number of nitrogens with one attached hydrogen (secondary N) is 1. The highest BCUT2D eigenvalue weighted by molar-refractivity contribution is 7.10. The maximum absolute atomic E-state index is 5.52. The zero-order valence-corrected chi connectivity index (χ0v) is 11.5. The van der Waals surface area contributed by atoms with Crippen LogP contribution < -0.4 is 5.32 Å². The summed E-state index contributed by atoms with van der Waals surface area (Å²) in [7, 11) is 0. The molecule has 2 heterocycles. The zero-order valence-electron chi connectivity index (χ0n) is 10.7. The van der Waals surface area contributed by atoms with Crippen LogP contribution in [0.1, 0.15) is 48.0 Å². The first-order valence-corrected chi connectivity index (χ1v) is 6.68. The van der Waals surface area contributed by atoms with E-state index in [0.29, 0.717) is 6.04 Å². The monoisotopic (exact) mass is 250 g/mol. The number of rotatable bonds is 4. The van der Waals surface area contributed by atoms with Crippen LogP contribution in [0.2, 0.25) is 0 Å². The van der Waals surface area contributed by atoms with Crippen molar-refractivity contribution in [1.29, 1.82) is 0 Å². The molecule has 0 bridgehead atoms. The molecule has 0 fully saturated rings. The third kappa shape index (κ3) is 2.76. The second-order valence-electron chi connectivity index (χ2n) is 4.39. The van der Waals surface area contributed by atoms with Gasteiger partial charge in [0.15, 0.2) is 0 Å². The van der Waals surface area contributed by atoms with E-state index in [1.54, 1.807) is 17.5 Å². The van der Waals surface area contributed by atoms with Crippen molar-refractivity contribution in [1.82, 2.24) is 10.3 Å². The average molecular weight is 250 g/mol. The quantitative estimate of drug-likeness (QED) is 0.897. The first kappa shape index (κ1) is 12.3. The maximum Gasteiger partial charge on any atom is 0.211 e. The van der Waals surface area contributed by atoms with Crippen molar-refractivity contribution in [3.63, 3.8) is 0 Å². The molecule has 2 aromatic heterocycles. The second kappa shape index (κ2) is 5.02. The van der Waals surface area contributed by atoms with Crippen molar-refractivity contribution >= 4 is 11.3 Å². The van der Waals surface area contributed by atoms with Crippen LogP contribution in [0.5, 0.6) is 0 Å². The van der Waals surface area contributed by atoms with Gasteiger partial charge in [-0.15, -0.1) is 11.3 Å². The minimum atomic E-state index is 0.125. The van der Waals surface area contributed by atoms with Crippen molar-refractivity contribution in [2.45, 2.75) is 39.8 Å². The molecule has 0 saturated heterocycles. The summed E-state index contributed by atoms with van der Waals surface area (Å²) in [6.07, 6.45) is 1.76. The SMILES string of the molecule is Cc1cnc(C(C)NC(C)c2sccc2C)o1. The summed E-state index contributed by atoms with van der Waals surface area (Å²) >= 11 is 1.79. The van der Waals surface area contributed by atoms with Crippen molar-refractivity contribution < 1.29 is 4.42 Å². The molecule has 0 aliphatic heterocycles. The molecule has 0 aliphatic carbocycles. The van der Waals surface area contributed by atoms with E-state index < -0.39 is 0 Å². The minimum absolute atomic E-state index is 0.125. The van der Waals surface area contributed by atoms with Gasteiger partial charge in [0.05, 0.1) is 12.2 Å². The molecule has 0 saturated carbocycles. The summed E-state index contributed by atoms with van der Waals surface area (Å²) < 4.78 is 5.52. The molecule has 2 aromatic rings. The zero-order chi connectivity index (χ0) is 12.4. The Morgan fingerprint density at radius 1 is 1.29 bits per heavy atom. The number of aromatic nitrogens is 1. The standard InChI is InChI=1S/C13H18N2OS/c1-8-5-6-17-12(8)10(3)15-11(4)13-14-7-9(2)16-13/h5-7,10-11,15H,1-4H3. The molecular weight excluding hydrogens is 232 g/mol. The summed E-state index contributed by atoms with van der Waals surface area (Å²) in [6, 6.07) is 2.59. The van der Waals surface area contributed by atoms with Crippen molar-refractivity contribution in [3.05, 3.63) is 39.7 Å². The van der Waals surface area contributed by atoms with Gasteiger partial charge in [-0.05, 0) is 44.7 Å². The highest BCUT2D eigenvalue weighted by Gasteiger charge is 2.16. The Bertz CT molecular complexity index is 489. The Balaban J connectivity index is 2.04. The predicted molar refractivity (Wildman–Crippen MR) is 70.3 cm³/mol. The molecule has 2 atom stereocenters. The number of aryl methyl sites for hydroxylation is 2. The minimum Gasteiger partial charge on any atom is -0.444 e. The van der Waals surface area contributed by atoms with Gasteiger partial charge in [0.2, 0.25) is 5.89 Å². The summed E-state index contributed by atoms with van der Waals surface area (Å²) in [5.74, 6) is 1.61. The normalized spacial score (nSPS) is 14.8. The summed E-state index contributed by atoms with van der Waals surface area (Å²) in [4.78, 5) is 5.62. The van der Waals surface area contributed by atoms with E-state index in [1.807, 2.05) is 6.92 Å². The van der Waals surface area contributed by atoms with Crippen LogP contribution in [0.15, 0.2) is 22.1 Å². The summed E-state index contributed by atoms with van der Waals surface area (Å²) in [6.45, 7) is 8.30. The topological polar surface area (TPSA) is 38.1 Å². The lowest BCUT2D eigenvalue weighted by atomic mass is 10.1. The lowest BCUT2D eigenvalue weighted by Gasteiger charge is -2.17. The van der Waals surface area contributed by atoms with Crippen LogP contribution in [0.4, 0.5) is 0 Å². The lowest BCUT2D eigenvalue weighted by Crippen LogP contribution is -2.22. The van der Waals surface area contributed by atoms with Gasteiger partial charge in [-0.3, -0.25) is 5.32 Å². The van der Waals surface area contributed by atoms with Gasteiger partial charge in [0.25, 0.3) is 0 Å². The second-order valence-corrected chi connectivity index (χ2v) is 5.33. The summed E-state index contributed by atoms with van der Waals surface area (Å²) in [5, 5.41) is 5.63. The number of oxazole rings is 1. The van der Waals surface area contributed by atoms with Crippen LogP contribution in [-0.2, 0) is 0 Å². The fraction of sp³-hybridized carbons (Fsp3) is 0.462. The average Bonchev–Trinajstić information content (AvgIpc) is 2.86. The molecule has 3 nitrogen and oxygen atoms in total. The van der Waals surface area contributed by atoms with Gasteiger partial charge in [0.1, 0.15) is 5.76 Å². The van der Waals surface area contributed by atoms with E-state index in [-0.39, 0.29) is 6.04 Å². The third-order valence-corrected chi connectivity index (χ3v) is 4.01. The first-order chi connectivity index (χ1) is 8.08. The van der Waals surface area contributed by atoms with Gasteiger partial charge < -0.3 is 4.42 Å². The van der Waals surface area contributed by atoms with Gasteiger partial charge in [0, 0.05) is 10.9 Å². The number of hydrogen-bond acceptors (Lipinski definition) is 4. The Morgan fingerprint density at radius 2 is 2.06 bits per heavy atom. The molecule has 1 N–H and O–H groups in total. The van der Waals surface area contributed by atoms with Crippen LogP contribution in [-0.4, -0.2) is 4.98 Å². The van der Waals surface area contributed by atoms with Gasteiger partial charge in [-0.1, -0.05) is 0 Å². The molecule has 0 aromatic carbocycles. The van der Waals surface area contributed by atoms with Crippen molar-refractivity contribution in [2.75, 3.05) is 0 Å². The molecule has 0 aliphatic rings. The highest BCUT2D eigenvalue weighted by atomic mass is 32.1. The first-order valence-electron chi connectivity index (χ1n) is 5.80. The summed E-state index contributed by atoms with van der Waals surface area (Å²) in [5.41, 5.74) is 1.34. The van der Waals surface area contributed by atoms with E-state index in [2.05, 4.69) is 42.5 Å². The molecule has 0 spiro atoms. The number of hydrogen-bond donors (Lipinski definition) is 1. The van der Waals surface area contributed by atoms with E-state index in [0.717, 1.165) is 11.7 Å². The van der Waals surface area contributed by atoms with E-state index in [9.17, 15) is 0 Å². The third-order valence-electron chi connectivity index (χ3n) is 2.80. The smallest absolute Gasteiger partial charge is 0.211 e. The maximum atomic E-state index is 5.52. The van der Waals surface area contributed by atoms with Crippen molar-refractivity contribution in [3.8, 4) is 0 Å². The van der Waals surface area contributed by atoms with Gasteiger partial charge >= 0.3 is 0 Å². The van der Waals surface area contributed by atoms with Crippen LogP contribution in [0, 0.1) is 13.8 Å². The Hall–Kier alpha value is -1.13. The molecule has 2 unspecified atom stereocenters. The van der Waals surface area contributed by atoms with E-state index >= 15 is 0 Å². The Kier molecular flexibility index (Phi) is 3.64. The molecule has 17 heavy (non-hydrogen) atoms. The fourth-order valence-electron chi connectivity index (χ4n) is 1.92. The number of thiophene rings is 1. The molecule has 92 valence electrons. The van der Waals surface area contributed by atoms with Gasteiger partial charge in [-0.2, -0.15) is 0 Å². The molecule has 2 rings (SSSR count). The largest absolute Gasteiger partial charge is 0.444 e. The van der Waals surface area contributed by atoms with Gasteiger partial charge in [-0.25, -0.2) is 4.98 Å². The number of nitrogens with zero attached hydrogens (tertiary/aromatic N) is 1. The Labute approximate surface area is 106 Å². The molecular formula is C13H18N2OS. The van der Waals surface area contributed by atoms with Crippen LogP contribution in [0.25, 0.3) is 0 Å². The highest BCUT2D eigenvalue weighted by Crippen LogP contribution is 2.26. The van der Waals surface area contributed by atoms with Crippen molar-refractivity contribution in [2.24, 2.45) is 0 Å². The molecule has 0 amide bonds. The Morgan fingerprint density at radius 3 is 2.59 bits per heavy atom. The van der Waals surface area contributed by atoms with E-state index in [1.165, 1.54) is 10.4 Å². The predicted octanol–water partition coefficient (Wildman–Crippen LogP) is 3.76. The van der Waals surface area contributed by atoms with Crippen LogP contribution in [0.3, 0.4) is 0 Å². The molecule has 4 heteroatoms.